The average molecular weight is 518 g/mol. The van der Waals surface area contributed by atoms with Crippen molar-refractivity contribution in [2.75, 3.05) is 24.6 Å². The van der Waals surface area contributed by atoms with E-state index >= 15 is 0 Å². The molecule has 7 nitrogen and oxygen atoms in total. The zero-order valence-electron chi connectivity index (χ0n) is 19.5. The van der Waals surface area contributed by atoms with Crippen LogP contribution >= 0.6 is 11.3 Å². The zero-order chi connectivity index (χ0) is 24.6. The van der Waals surface area contributed by atoms with E-state index in [1.807, 2.05) is 18.2 Å². The van der Waals surface area contributed by atoms with Gasteiger partial charge in [-0.25, -0.2) is 17.8 Å². The summed E-state index contributed by atoms with van der Waals surface area (Å²) in [6.45, 7) is 3.30. The van der Waals surface area contributed by atoms with Crippen LogP contribution in [0.5, 0.6) is 0 Å². The van der Waals surface area contributed by atoms with Gasteiger partial charge < -0.3 is 4.74 Å². The van der Waals surface area contributed by atoms with Gasteiger partial charge in [-0.2, -0.15) is 4.31 Å². The standard InChI is InChI=1S/C25H28FN3O4S2/c1-2-17-6-3-9-22-23(17)27-25(34-22)28(16-19-7-5-15-33-19)24(30)21-8-4-14-29(21)35(31,32)20-12-10-18(26)11-13-20/h3,6,9-13,19,21H,2,4-5,7-8,14-16H2,1H3. The first kappa shape index (κ1) is 24.3. The lowest BCUT2D eigenvalue weighted by Crippen LogP contribution is -2.49. The number of halogens is 1. The molecule has 10 heteroatoms. The van der Waals surface area contributed by atoms with Crippen molar-refractivity contribution in [3.05, 3.63) is 53.8 Å². The Bertz CT molecular complexity index is 1320. The summed E-state index contributed by atoms with van der Waals surface area (Å²) >= 11 is 1.44. The summed E-state index contributed by atoms with van der Waals surface area (Å²) in [4.78, 5) is 20.4. The third kappa shape index (κ3) is 4.72. The molecule has 0 saturated carbocycles. The van der Waals surface area contributed by atoms with E-state index in [2.05, 4.69) is 6.92 Å². The first-order valence-corrected chi connectivity index (χ1v) is 14.2. The molecule has 3 aromatic rings. The van der Waals surface area contributed by atoms with E-state index in [0.717, 1.165) is 47.2 Å². The number of benzene rings is 2. The number of thiazole rings is 1. The molecule has 2 saturated heterocycles. The van der Waals surface area contributed by atoms with Crippen LogP contribution in [0.15, 0.2) is 47.4 Å². The highest BCUT2D eigenvalue weighted by molar-refractivity contribution is 7.89. The van der Waals surface area contributed by atoms with Gasteiger partial charge in [0, 0.05) is 13.2 Å². The first-order chi connectivity index (χ1) is 16.9. The Morgan fingerprint density at radius 3 is 2.71 bits per heavy atom. The molecule has 0 aliphatic carbocycles. The van der Waals surface area contributed by atoms with E-state index in [0.29, 0.717) is 31.1 Å². The molecule has 186 valence electrons. The lowest BCUT2D eigenvalue weighted by atomic mass is 10.1. The van der Waals surface area contributed by atoms with Crippen LogP contribution in [0.2, 0.25) is 0 Å². The van der Waals surface area contributed by atoms with Crippen LogP contribution in [0.4, 0.5) is 9.52 Å². The fourth-order valence-electron chi connectivity index (χ4n) is 4.85. The number of hydrogen-bond acceptors (Lipinski definition) is 6. The minimum atomic E-state index is -3.96. The topological polar surface area (TPSA) is 79.8 Å². The summed E-state index contributed by atoms with van der Waals surface area (Å²) in [6.07, 6.45) is 3.49. The minimum absolute atomic E-state index is 0.0168. The van der Waals surface area contributed by atoms with Crippen LogP contribution in [0.3, 0.4) is 0 Å². The summed E-state index contributed by atoms with van der Waals surface area (Å²) in [6, 6.07) is 9.90. The molecule has 35 heavy (non-hydrogen) atoms. The molecule has 0 bridgehead atoms. The van der Waals surface area contributed by atoms with Crippen LogP contribution in [0.25, 0.3) is 10.2 Å². The molecule has 0 N–H and O–H groups in total. The Morgan fingerprint density at radius 2 is 2.00 bits per heavy atom. The maximum absolute atomic E-state index is 14.0. The Labute approximate surface area is 208 Å². The lowest BCUT2D eigenvalue weighted by molar-refractivity contribution is -0.122. The van der Waals surface area contributed by atoms with Crippen LogP contribution in [-0.2, 0) is 26.0 Å². The highest BCUT2D eigenvalue weighted by atomic mass is 32.2. The molecule has 0 spiro atoms. The summed E-state index contributed by atoms with van der Waals surface area (Å²) in [7, 11) is -3.96. The molecular weight excluding hydrogens is 489 g/mol. The Morgan fingerprint density at radius 1 is 1.20 bits per heavy atom. The van der Waals surface area contributed by atoms with E-state index in [9.17, 15) is 17.6 Å². The van der Waals surface area contributed by atoms with Crippen molar-refractivity contribution in [2.45, 2.75) is 56.1 Å². The quantitative estimate of drug-likeness (QED) is 0.465. The molecule has 2 fully saturated rings. The molecule has 2 aromatic carbocycles. The molecule has 2 unspecified atom stereocenters. The van der Waals surface area contributed by atoms with Gasteiger partial charge in [-0.3, -0.25) is 9.69 Å². The van der Waals surface area contributed by atoms with Gasteiger partial charge in [-0.05, 0) is 68.0 Å². The maximum atomic E-state index is 14.0. The molecule has 2 aliphatic rings. The third-order valence-corrected chi connectivity index (χ3v) is 9.65. The fourth-order valence-corrected chi connectivity index (χ4v) is 7.52. The smallest absolute Gasteiger partial charge is 0.247 e. The SMILES string of the molecule is CCc1cccc2sc(N(CC3CCCO3)C(=O)C3CCCN3S(=O)(=O)c3ccc(F)cc3)nc12. The number of nitrogens with zero attached hydrogens (tertiary/aromatic N) is 3. The van der Waals surface area contributed by atoms with Crippen molar-refractivity contribution in [1.29, 1.82) is 0 Å². The zero-order valence-corrected chi connectivity index (χ0v) is 21.2. The molecule has 5 rings (SSSR count). The number of amides is 1. The van der Waals surface area contributed by atoms with Gasteiger partial charge in [-0.15, -0.1) is 0 Å². The second-order valence-corrected chi connectivity index (χ2v) is 11.8. The number of aromatic nitrogens is 1. The van der Waals surface area contributed by atoms with E-state index < -0.39 is 21.9 Å². The van der Waals surface area contributed by atoms with E-state index in [4.69, 9.17) is 9.72 Å². The van der Waals surface area contributed by atoms with Crippen LogP contribution in [0, 0.1) is 5.82 Å². The largest absolute Gasteiger partial charge is 0.376 e. The molecule has 3 heterocycles. The number of anilines is 1. The first-order valence-electron chi connectivity index (χ1n) is 12.0. The molecule has 2 atom stereocenters. The van der Waals surface area contributed by atoms with Crippen LogP contribution in [-0.4, -0.2) is 55.5 Å². The van der Waals surface area contributed by atoms with Crippen molar-refractivity contribution >= 4 is 42.6 Å². The van der Waals surface area contributed by atoms with Crippen molar-refractivity contribution in [3.63, 3.8) is 0 Å². The van der Waals surface area contributed by atoms with Gasteiger partial charge in [-0.1, -0.05) is 30.4 Å². The number of carbonyl (C=O) groups excluding carboxylic acids is 1. The van der Waals surface area contributed by atoms with Crippen molar-refractivity contribution in [2.24, 2.45) is 0 Å². The average Bonchev–Trinajstić information content (AvgIpc) is 3.62. The number of fused-ring (bicyclic) bond motifs is 1. The van der Waals surface area contributed by atoms with Gasteiger partial charge in [0.1, 0.15) is 11.9 Å². The molecular formula is C25H28FN3O4S2. The van der Waals surface area contributed by atoms with Gasteiger partial charge in [0.05, 0.1) is 27.8 Å². The lowest BCUT2D eigenvalue weighted by Gasteiger charge is -2.29. The second-order valence-electron chi connectivity index (χ2n) is 8.93. The third-order valence-electron chi connectivity index (χ3n) is 6.69. The van der Waals surface area contributed by atoms with E-state index in [-0.39, 0.29) is 23.5 Å². The Hall–Kier alpha value is -2.40. The molecule has 1 aromatic heterocycles. The van der Waals surface area contributed by atoms with Gasteiger partial charge in [0.25, 0.3) is 0 Å². The van der Waals surface area contributed by atoms with Gasteiger partial charge in [0.15, 0.2) is 5.13 Å². The van der Waals surface area contributed by atoms with E-state index in [1.165, 1.54) is 27.8 Å². The van der Waals surface area contributed by atoms with Crippen LogP contribution < -0.4 is 4.90 Å². The number of hydrogen-bond donors (Lipinski definition) is 0. The summed E-state index contributed by atoms with van der Waals surface area (Å²) in [5, 5.41) is 0.562. The predicted octanol–water partition coefficient (Wildman–Crippen LogP) is 4.36. The maximum Gasteiger partial charge on any atom is 0.247 e. The monoisotopic (exact) mass is 517 g/mol. The summed E-state index contributed by atoms with van der Waals surface area (Å²) < 4.78 is 48.2. The van der Waals surface area contributed by atoms with Gasteiger partial charge >= 0.3 is 0 Å². The number of sulfonamides is 1. The number of ether oxygens (including phenoxy) is 1. The summed E-state index contributed by atoms with van der Waals surface area (Å²) in [5.41, 5.74) is 1.98. The summed E-state index contributed by atoms with van der Waals surface area (Å²) in [5.74, 6) is -0.802. The van der Waals surface area contributed by atoms with Crippen LogP contribution in [0.1, 0.15) is 38.2 Å². The van der Waals surface area contributed by atoms with Crippen molar-refractivity contribution in [1.82, 2.24) is 9.29 Å². The molecule has 2 aliphatic heterocycles. The molecule has 1 amide bonds. The number of rotatable bonds is 7. The highest BCUT2D eigenvalue weighted by Gasteiger charge is 2.42. The van der Waals surface area contributed by atoms with Crippen molar-refractivity contribution < 1.29 is 22.3 Å². The number of aryl methyl sites for hydroxylation is 1. The van der Waals surface area contributed by atoms with E-state index in [1.54, 1.807) is 4.90 Å². The second kappa shape index (κ2) is 9.93. The van der Waals surface area contributed by atoms with Crippen molar-refractivity contribution in [3.8, 4) is 0 Å². The highest BCUT2D eigenvalue weighted by Crippen LogP contribution is 2.34. The normalized spacial score (nSPS) is 21.1. The molecule has 0 radical (unpaired) electrons. The Balaban J connectivity index is 1.50. The minimum Gasteiger partial charge on any atom is -0.376 e. The Kier molecular flexibility index (Phi) is 6.89. The number of para-hydroxylation sites is 1. The fraction of sp³-hybridized carbons (Fsp3) is 0.440. The van der Waals surface area contributed by atoms with Gasteiger partial charge in [0.2, 0.25) is 15.9 Å². The predicted molar refractivity (Wildman–Crippen MR) is 134 cm³/mol. The number of carbonyl (C=O) groups is 1.